The summed E-state index contributed by atoms with van der Waals surface area (Å²) in [6.45, 7) is -0.304. The fourth-order valence-electron chi connectivity index (χ4n) is 2.34. The number of alkyl halides is 3. The molecule has 8 heteroatoms. The van der Waals surface area contributed by atoms with Crippen LogP contribution in [0.25, 0.3) is 0 Å². The number of aliphatic hydroxyl groups excluding tert-OH is 1. The summed E-state index contributed by atoms with van der Waals surface area (Å²) in [4.78, 5) is 24.0. The van der Waals surface area contributed by atoms with E-state index >= 15 is 0 Å². The van der Waals surface area contributed by atoms with E-state index in [1.54, 1.807) is 0 Å². The highest BCUT2D eigenvalue weighted by atomic mass is 19.4. The molecule has 0 aromatic heterocycles. The lowest BCUT2D eigenvalue weighted by atomic mass is 10.1. The maximum atomic E-state index is 12.9. The van der Waals surface area contributed by atoms with Crippen LogP contribution in [0.3, 0.4) is 0 Å². The van der Waals surface area contributed by atoms with Crippen molar-refractivity contribution in [1.82, 2.24) is 4.90 Å². The fourth-order valence-corrected chi connectivity index (χ4v) is 2.34. The van der Waals surface area contributed by atoms with Gasteiger partial charge in [-0.2, -0.15) is 13.2 Å². The first-order chi connectivity index (χ1) is 9.71. The third-order valence-electron chi connectivity index (χ3n) is 3.29. The largest absolute Gasteiger partial charge is 0.480 e. The Morgan fingerprint density at radius 2 is 1.86 bits per heavy atom. The molecule has 5 nitrogen and oxygen atoms in total. The van der Waals surface area contributed by atoms with Crippen molar-refractivity contribution in [2.24, 2.45) is 0 Å². The van der Waals surface area contributed by atoms with Gasteiger partial charge in [0.25, 0.3) is 5.91 Å². The number of carboxylic acid groups (broad SMARTS) is 1. The monoisotopic (exact) mass is 303 g/mol. The topological polar surface area (TPSA) is 77.8 Å². The molecule has 0 radical (unpaired) electrons. The number of amides is 1. The predicted molar refractivity (Wildman–Crippen MR) is 64.5 cm³/mol. The van der Waals surface area contributed by atoms with Crippen LogP contribution in [0.15, 0.2) is 24.3 Å². The quantitative estimate of drug-likeness (QED) is 0.865. The Bertz CT molecular complexity index is 573. The Hall–Kier alpha value is -2.09. The highest BCUT2D eigenvalue weighted by molar-refractivity contribution is 5.98. The van der Waals surface area contributed by atoms with Gasteiger partial charge in [0.2, 0.25) is 0 Å². The molecule has 1 aromatic rings. The Morgan fingerprint density at radius 1 is 1.24 bits per heavy atom. The minimum atomic E-state index is -4.72. The maximum absolute atomic E-state index is 12.9. The summed E-state index contributed by atoms with van der Waals surface area (Å²) in [5.41, 5.74) is -1.74. The van der Waals surface area contributed by atoms with Gasteiger partial charge in [-0.15, -0.1) is 0 Å². The lowest BCUT2D eigenvalue weighted by molar-refractivity contribution is -0.141. The van der Waals surface area contributed by atoms with Crippen molar-refractivity contribution >= 4 is 11.9 Å². The summed E-state index contributed by atoms with van der Waals surface area (Å²) >= 11 is 0. The first-order valence-corrected chi connectivity index (χ1v) is 6.10. The molecule has 1 amide bonds. The number of carbonyl (C=O) groups excluding carboxylic acids is 1. The van der Waals surface area contributed by atoms with E-state index in [0.29, 0.717) is 0 Å². The first kappa shape index (κ1) is 15.3. The number of aliphatic hydroxyl groups is 1. The molecule has 114 valence electrons. The molecule has 0 aliphatic carbocycles. The lowest BCUT2D eigenvalue weighted by Gasteiger charge is -2.23. The molecule has 1 aliphatic rings. The van der Waals surface area contributed by atoms with E-state index in [2.05, 4.69) is 0 Å². The van der Waals surface area contributed by atoms with Crippen molar-refractivity contribution in [2.75, 3.05) is 6.54 Å². The molecule has 1 aliphatic heterocycles. The van der Waals surface area contributed by atoms with Crippen LogP contribution in [0.2, 0.25) is 0 Å². The molecule has 0 spiro atoms. The Balaban J connectivity index is 2.39. The second-order valence-electron chi connectivity index (χ2n) is 4.74. The SMILES string of the molecule is O=C(O)[C@@H]1C[C@@H](O)CN1C(=O)c1ccccc1C(F)(F)F. The number of aliphatic carboxylic acids is 1. The normalized spacial score (nSPS) is 22.4. The number of benzene rings is 1. The molecular weight excluding hydrogens is 291 g/mol. The minimum Gasteiger partial charge on any atom is -0.480 e. The highest BCUT2D eigenvalue weighted by Crippen LogP contribution is 2.33. The van der Waals surface area contributed by atoms with Gasteiger partial charge >= 0.3 is 12.1 Å². The van der Waals surface area contributed by atoms with Crippen LogP contribution in [-0.4, -0.2) is 45.7 Å². The van der Waals surface area contributed by atoms with Crippen LogP contribution in [0, 0.1) is 0 Å². The van der Waals surface area contributed by atoms with E-state index in [4.69, 9.17) is 5.11 Å². The van der Waals surface area contributed by atoms with Crippen molar-refractivity contribution in [1.29, 1.82) is 0 Å². The fraction of sp³-hybridized carbons (Fsp3) is 0.385. The number of hydrogen-bond acceptors (Lipinski definition) is 3. The van der Waals surface area contributed by atoms with Crippen molar-refractivity contribution in [3.05, 3.63) is 35.4 Å². The van der Waals surface area contributed by atoms with Crippen molar-refractivity contribution in [3.63, 3.8) is 0 Å². The highest BCUT2D eigenvalue weighted by Gasteiger charge is 2.42. The molecule has 1 saturated heterocycles. The van der Waals surface area contributed by atoms with E-state index in [9.17, 15) is 27.9 Å². The maximum Gasteiger partial charge on any atom is 0.417 e. The zero-order valence-corrected chi connectivity index (χ0v) is 10.7. The van der Waals surface area contributed by atoms with Crippen molar-refractivity contribution in [3.8, 4) is 0 Å². The molecule has 0 saturated carbocycles. The molecular formula is C13H12F3NO4. The van der Waals surface area contributed by atoms with Gasteiger partial charge in [0.05, 0.1) is 17.2 Å². The number of β-amino-alcohol motifs (C(OH)–C–C–N with tert-alkyl or cyclic N) is 1. The lowest BCUT2D eigenvalue weighted by Crippen LogP contribution is -2.41. The first-order valence-electron chi connectivity index (χ1n) is 6.10. The summed E-state index contributed by atoms with van der Waals surface area (Å²) in [5, 5.41) is 18.5. The minimum absolute atomic E-state index is 0.199. The number of rotatable bonds is 2. The standard InChI is InChI=1S/C13H12F3NO4/c14-13(15,16)9-4-2-1-3-8(9)11(19)17-6-7(18)5-10(17)12(20)21/h1-4,7,10,18H,5-6H2,(H,20,21)/t7-,10+/m1/s1. The summed E-state index contributed by atoms with van der Waals surface area (Å²) in [6, 6.07) is 2.84. The molecule has 2 N–H and O–H groups in total. The molecule has 21 heavy (non-hydrogen) atoms. The van der Waals surface area contributed by atoms with Crippen LogP contribution >= 0.6 is 0 Å². The van der Waals surface area contributed by atoms with Gasteiger partial charge in [-0.1, -0.05) is 12.1 Å². The summed E-state index contributed by atoms with van der Waals surface area (Å²) < 4.78 is 38.7. The third-order valence-corrected chi connectivity index (χ3v) is 3.29. The number of hydrogen-bond donors (Lipinski definition) is 2. The molecule has 1 fully saturated rings. The van der Waals surface area contributed by atoms with Crippen LogP contribution in [0.4, 0.5) is 13.2 Å². The third kappa shape index (κ3) is 2.99. The van der Waals surface area contributed by atoms with E-state index < -0.39 is 41.3 Å². The molecule has 2 atom stereocenters. The molecule has 1 aromatic carbocycles. The average molecular weight is 303 g/mol. The smallest absolute Gasteiger partial charge is 0.417 e. The Labute approximate surface area is 117 Å². The molecule has 2 rings (SSSR count). The zero-order chi connectivity index (χ0) is 15.8. The molecule has 1 heterocycles. The molecule has 0 unspecified atom stereocenters. The van der Waals surface area contributed by atoms with Gasteiger partial charge in [-0.3, -0.25) is 4.79 Å². The number of nitrogens with zero attached hydrogens (tertiary/aromatic N) is 1. The van der Waals surface area contributed by atoms with Gasteiger partial charge in [0.15, 0.2) is 0 Å². The average Bonchev–Trinajstić information content (AvgIpc) is 2.79. The van der Waals surface area contributed by atoms with Gasteiger partial charge < -0.3 is 15.1 Å². The van der Waals surface area contributed by atoms with E-state index in [1.807, 2.05) is 0 Å². The van der Waals surface area contributed by atoms with Gasteiger partial charge in [-0.05, 0) is 12.1 Å². The Morgan fingerprint density at radius 3 is 2.43 bits per heavy atom. The van der Waals surface area contributed by atoms with E-state index in [-0.39, 0.29) is 13.0 Å². The van der Waals surface area contributed by atoms with Gasteiger partial charge in [0, 0.05) is 13.0 Å². The number of carbonyl (C=O) groups is 2. The molecule has 0 bridgehead atoms. The van der Waals surface area contributed by atoms with Crippen LogP contribution in [-0.2, 0) is 11.0 Å². The van der Waals surface area contributed by atoms with Crippen LogP contribution in [0.5, 0.6) is 0 Å². The van der Waals surface area contributed by atoms with E-state index in [1.165, 1.54) is 6.07 Å². The number of halogens is 3. The predicted octanol–water partition coefficient (Wildman–Crippen LogP) is 1.37. The number of carboxylic acids is 1. The second kappa shape index (κ2) is 5.36. The summed E-state index contributed by atoms with van der Waals surface area (Å²) in [5.74, 6) is -2.41. The van der Waals surface area contributed by atoms with Gasteiger partial charge in [-0.25, -0.2) is 4.79 Å². The van der Waals surface area contributed by atoms with E-state index in [0.717, 1.165) is 23.1 Å². The second-order valence-corrected chi connectivity index (χ2v) is 4.74. The van der Waals surface area contributed by atoms with Gasteiger partial charge in [0.1, 0.15) is 6.04 Å². The zero-order valence-electron chi connectivity index (χ0n) is 10.7. The van der Waals surface area contributed by atoms with Crippen LogP contribution < -0.4 is 0 Å². The Kier molecular flexibility index (Phi) is 3.91. The number of likely N-dealkylation sites (tertiary alicyclic amines) is 1. The van der Waals surface area contributed by atoms with Crippen molar-refractivity contribution in [2.45, 2.75) is 24.7 Å². The van der Waals surface area contributed by atoms with Crippen LogP contribution in [0.1, 0.15) is 22.3 Å². The van der Waals surface area contributed by atoms with Crippen molar-refractivity contribution < 1.29 is 33.0 Å². The summed E-state index contributed by atoms with van der Waals surface area (Å²) in [7, 11) is 0. The summed E-state index contributed by atoms with van der Waals surface area (Å²) in [6.07, 6.45) is -5.98.